The van der Waals surface area contributed by atoms with Crippen LogP contribution in [0.1, 0.15) is 16.9 Å². The van der Waals surface area contributed by atoms with Crippen LogP contribution in [0.4, 0.5) is 0 Å². The number of hydrogen-bond donors (Lipinski definition) is 1. The fourth-order valence-corrected chi connectivity index (χ4v) is 4.74. The van der Waals surface area contributed by atoms with Crippen LogP contribution < -0.4 is 4.72 Å². The number of likely N-dealkylation sites (tertiary alicyclic amines) is 1. The molecule has 144 valence electrons. The molecule has 0 bridgehead atoms. The first-order valence-electron chi connectivity index (χ1n) is 8.19. The molecule has 1 saturated heterocycles. The monoisotopic (exact) mass is 409 g/mol. The summed E-state index contributed by atoms with van der Waals surface area (Å²) in [5.74, 6) is -0.241. The number of benzene rings is 1. The zero-order valence-electron chi connectivity index (χ0n) is 14.6. The van der Waals surface area contributed by atoms with Gasteiger partial charge in [-0.25, -0.2) is 21.6 Å². The smallest absolute Gasteiger partial charge is 0.272 e. The summed E-state index contributed by atoms with van der Waals surface area (Å²) in [6.07, 6.45) is 3.07. The molecule has 8 nitrogen and oxygen atoms in total. The Morgan fingerprint density at radius 3 is 2.33 bits per heavy atom. The lowest BCUT2D eigenvalue weighted by Crippen LogP contribution is -2.38. The summed E-state index contributed by atoms with van der Waals surface area (Å²) in [4.78, 5) is 18.0. The van der Waals surface area contributed by atoms with Crippen LogP contribution >= 0.6 is 0 Å². The molecule has 1 aromatic carbocycles. The quantitative estimate of drug-likeness (QED) is 0.777. The molecule has 0 radical (unpaired) electrons. The topological polar surface area (TPSA) is 114 Å². The Hall–Kier alpha value is -2.30. The maximum Gasteiger partial charge on any atom is 0.272 e. The standard InChI is InChI=1S/C17H19N3O5S2/c1-26(22,23)14-5-7-15(8-6-14)27(24,25)19-13-9-11-20(12-13)17(21)16-4-2-3-10-18-16/h2-8,10,13,19H,9,11-12H2,1H3/t13-/m0/s1. The van der Waals surface area contributed by atoms with Crippen LogP contribution in [0.5, 0.6) is 0 Å². The summed E-state index contributed by atoms with van der Waals surface area (Å²) in [6.45, 7) is 0.672. The van der Waals surface area contributed by atoms with E-state index in [0.29, 0.717) is 18.7 Å². The van der Waals surface area contributed by atoms with Gasteiger partial charge in [0.25, 0.3) is 5.91 Å². The van der Waals surface area contributed by atoms with Gasteiger partial charge >= 0.3 is 0 Å². The molecule has 0 spiro atoms. The maximum absolute atomic E-state index is 12.5. The number of sulfonamides is 1. The Balaban J connectivity index is 1.67. The van der Waals surface area contributed by atoms with Gasteiger partial charge in [-0.1, -0.05) is 6.07 Å². The molecule has 0 aliphatic carbocycles. The Kier molecular flexibility index (Phi) is 5.31. The van der Waals surface area contributed by atoms with E-state index in [1.807, 2.05) is 0 Å². The summed E-state index contributed by atoms with van der Waals surface area (Å²) >= 11 is 0. The number of carbonyl (C=O) groups is 1. The van der Waals surface area contributed by atoms with Crippen molar-refractivity contribution in [3.63, 3.8) is 0 Å². The highest BCUT2D eigenvalue weighted by atomic mass is 32.2. The molecule has 2 aromatic rings. The second-order valence-corrected chi connectivity index (χ2v) is 10.0. The van der Waals surface area contributed by atoms with Gasteiger partial charge in [-0.05, 0) is 42.8 Å². The molecule has 1 atom stereocenters. The minimum atomic E-state index is -3.82. The third-order valence-electron chi connectivity index (χ3n) is 4.24. The Morgan fingerprint density at radius 1 is 1.07 bits per heavy atom. The summed E-state index contributed by atoms with van der Waals surface area (Å²) < 4.78 is 50.6. The van der Waals surface area contributed by atoms with Gasteiger partial charge in [0, 0.05) is 31.6 Å². The lowest BCUT2D eigenvalue weighted by Gasteiger charge is -2.17. The van der Waals surface area contributed by atoms with Crippen molar-refractivity contribution < 1.29 is 21.6 Å². The van der Waals surface area contributed by atoms with Crippen LogP contribution in [0, 0.1) is 0 Å². The number of sulfone groups is 1. The third-order valence-corrected chi connectivity index (χ3v) is 6.91. The molecule has 27 heavy (non-hydrogen) atoms. The Labute approximate surface area is 158 Å². The van der Waals surface area contributed by atoms with Gasteiger partial charge in [0.05, 0.1) is 9.79 Å². The predicted octanol–water partition coefficient (Wildman–Crippen LogP) is 0.678. The summed E-state index contributed by atoms with van der Waals surface area (Å²) in [5, 5.41) is 0. The molecule has 1 aliphatic heterocycles. The molecule has 1 aromatic heterocycles. The van der Waals surface area contributed by atoms with Crippen LogP contribution in [0.3, 0.4) is 0 Å². The average molecular weight is 409 g/mol. The second kappa shape index (κ2) is 7.37. The van der Waals surface area contributed by atoms with Crippen LogP contribution in [0.2, 0.25) is 0 Å². The van der Waals surface area contributed by atoms with Gasteiger partial charge in [-0.15, -0.1) is 0 Å². The van der Waals surface area contributed by atoms with Gasteiger partial charge in [0.2, 0.25) is 10.0 Å². The highest BCUT2D eigenvalue weighted by Crippen LogP contribution is 2.18. The van der Waals surface area contributed by atoms with Crippen molar-refractivity contribution in [1.82, 2.24) is 14.6 Å². The molecule has 3 rings (SSSR count). The number of pyridine rings is 1. The zero-order valence-corrected chi connectivity index (χ0v) is 16.2. The SMILES string of the molecule is CS(=O)(=O)c1ccc(S(=O)(=O)N[C@H]2CCN(C(=O)c3ccccn3)C2)cc1. The summed E-state index contributed by atoms with van der Waals surface area (Å²) in [6, 6.07) is 9.66. The minimum absolute atomic E-state index is 0.0237. The number of hydrogen-bond acceptors (Lipinski definition) is 6. The first kappa shape index (κ1) is 19.5. The minimum Gasteiger partial charge on any atom is -0.336 e. The normalized spacial score (nSPS) is 17.8. The molecule has 10 heteroatoms. The third kappa shape index (κ3) is 4.52. The maximum atomic E-state index is 12.5. The fraction of sp³-hybridized carbons (Fsp3) is 0.294. The van der Waals surface area contributed by atoms with Gasteiger partial charge in [-0.3, -0.25) is 9.78 Å². The van der Waals surface area contributed by atoms with E-state index in [1.54, 1.807) is 23.1 Å². The first-order chi connectivity index (χ1) is 12.7. The van der Waals surface area contributed by atoms with E-state index < -0.39 is 25.9 Å². The van der Waals surface area contributed by atoms with E-state index >= 15 is 0 Å². The molecule has 1 aliphatic rings. The van der Waals surface area contributed by atoms with E-state index in [9.17, 15) is 21.6 Å². The second-order valence-electron chi connectivity index (χ2n) is 6.32. The van der Waals surface area contributed by atoms with Gasteiger partial charge in [0.1, 0.15) is 5.69 Å². The van der Waals surface area contributed by atoms with E-state index in [4.69, 9.17) is 0 Å². The van der Waals surface area contributed by atoms with Crippen LogP contribution in [0.25, 0.3) is 0 Å². The lowest BCUT2D eigenvalue weighted by molar-refractivity contribution is 0.0784. The van der Waals surface area contributed by atoms with Crippen molar-refractivity contribution in [3.05, 3.63) is 54.4 Å². The largest absolute Gasteiger partial charge is 0.336 e. The zero-order chi connectivity index (χ0) is 19.7. The van der Waals surface area contributed by atoms with E-state index in [2.05, 4.69) is 9.71 Å². The molecule has 1 N–H and O–H groups in total. The highest BCUT2D eigenvalue weighted by molar-refractivity contribution is 7.90. The van der Waals surface area contributed by atoms with E-state index in [1.165, 1.54) is 30.5 Å². The van der Waals surface area contributed by atoms with Gasteiger partial charge in [0.15, 0.2) is 9.84 Å². The summed E-state index contributed by atoms with van der Waals surface area (Å²) in [7, 11) is -7.21. The molecule has 2 heterocycles. The lowest BCUT2D eigenvalue weighted by atomic mass is 10.3. The van der Waals surface area contributed by atoms with Crippen molar-refractivity contribution in [2.45, 2.75) is 22.3 Å². The number of rotatable bonds is 5. The van der Waals surface area contributed by atoms with Crippen LogP contribution in [-0.4, -0.2) is 58.0 Å². The molecule has 0 unspecified atom stereocenters. The molecular weight excluding hydrogens is 390 g/mol. The van der Waals surface area contributed by atoms with Crippen LogP contribution in [-0.2, 0) is 19.9 Å². The molecule has 1 fully saturated rings. The number of aromatic nitrogens is 1. The number of nitrogens with one attached hydrogen (secondary N) is 1. The van der Waals surface area contributed by atoms with Crippen LogP contribution in [0.15, 0.2) is 58.5 Å². The Bertz CT molecular complexity index is 1040. The van der Waals surface area contributed by atoms with E-state index in [-0.39, 0.29) is 22.2 Å². The van der Waals surface area contributed by atoms with E-state index in [0.717, 1.165) is 6.26 Å². The van der Waals surface area contributed by atoms with Gasteiger partial charge in [-0.2, -0.15) is 0 Å². The Morgan fingerprint density at radius 2 is 1.74 bits per heavy atom. The van der Waals surface area contributed by atoms with Gasteiger partial charge < -0.3 is 4.90 Å². The van der Waals surface area contributed by atoms with Crippen molar-refractivity contribution in [1.29, 1.82) is 0 Å². The average Bonchev–Trinajstić information content (AvgIpc) is 3.09. The number of nitrogens with zero attached hydrogens (tertiary/aromatic N) is 2. The van der Waals surface area contributed by atoms with Crippen molar-refractivity contribution >= 4 is 25.8 Å². The number of carbonyl (C=O) groups excluding carboxylic acids is 1. The highest BCUT2D eigenvalue weighted by Gasteiger charge is 2.30. The van der Waals surface area contributed by atoms with Crippen molar-refractivity contribution in [2.24, 2.45) is 0 Å². The summed E-state index contributed by atoms with van der Waals surface area (Å²) in [5.41, 5.74) is 0.317. The predicted molar refractivity (Wildman–Crippen MR) is 98.4 cm³/mol. The van der Waals surface area contributed by atoms with Crippen molar-refractivity contribution in [2.75, 3.05) is 19.3 Å². The fourth-order valence-electron chi connectivity index (χ4n) is 2.85. The molecular formula is C17H19N3O5S2. The first-order valence-corrected chi connectivity index (χ1v) is 11.6. The van der Waals surface area contributed by atoms with Crippen molar-refractivity contribution in [3.8, 4) is 0 Å². The molecule has 0 saturated carbocycles. The number of amides is 1. The molecule has 1 amide bonds.